The minimum Gasteiger partial charge on any atom is -0.478 e. The second-order valence-corrected chi connectivity index (χ2v) is 9.24. The number of oxime groups is 1. The second kappa shape index (κ2) is 10.8. The molecule has 2 aliphatic heterocycles. The summed E-state index contributed by atoms with van der Waals surface area (Å²) in [7, 11) is 0. The summed E-state index contributed by atoms with van der Waals surface area (Å²) in [5.74, 6) is -3.51. The summed E-state index contributed by atoms with van der Waals surface area (Å²) in [6.07, 6.45) is -1.19. The largest absolute Gasteiger partial charge is 0.478 e. The summed E-state index contributed by atoms with van der Waals surface area (Å²) in [4.78, 5) is 59.1. The lowest BCUT2D eigenvalue weighted by Gasteiger charge is -2.49. The molecule has 3 heterocycles. The number of carboxylic acids is 2. The van der Waals surface area contributed by atoms with Crippen molar-refractivity contribution in [2.24, 2.45) is 5.16 Å². The number of β-lactam (4-membered cyclic amide) rings is 1. The standard InChI is InChI=1S/C19H24N6O7S2/c1-3-10(17(28)29)32-24-11(9-7-34-19(20)22-9)14(26)23-12-15(27)25-13(18(30)31)8(5-21-4-2)6-33-16(12)25/h7,10,12,16,21H,3-6H2,1-2H3,(H2,20,22)(H,23,26)(H,28,29)(H,30,31)/b24-11+/t10?,12?,16-/m1/s1. The van der Waals surface area contributed by atoms with Crippen LogP contribution >= 0.6 is 23.1 Å². The summed E-state index contributed by atoms with van der Waals surface area (Å²) >= 11 is 2.37. The van der Waals surface area contributed by atoms with Gasteiger partial charge in [0.25, 0.3) is 11.8 Å². The van der Waals surface area contributed by atoms with Crippen LogP contribution in [0, 0.1) is 0 Å². The Labute approximate surface area is 202 Å². The highest BCUT2D eigenvalue weighted by atomic mass is 32.2. The fourth-order valence-electron chi connectivity index (χ4n) is 3.32. The van der Waals surface area contributed by atoms with Gasteiger partial charge in [0.05, 0.1) is 0 Å². The van der Waals surface area contributed by atoms with E-state index in [2.05, 4.69) is 20.8 Å². The average Bonchev–Trinajstić information content (AvgIpc) is 3.23. The maximum Gasteiger partial charge on any atom is 0.352 e. The molecule has 0 aromatic carbocycles. The molecule has 0 saturated carbocycles. The molecule has 2 amide bonds. The molecule has 2 aliphatic rings. The Hall–Kier alpha value is -3.17. The number of anilines is 1. The highest BCUT2D eigenvalue weighted by Gasteiger charge is 2.54. The summed E-state index contributed by atoms with van der Waals surface area (Å²) in [6, 6.07) is -1.00. The number of fused-ring (bicyclic) bond motifs is 1. The maximum absolute atomic E-state index is 13.0. The monoisotopic (exact) mass is 512 g/mol. The minimum atomic E-state index is -1.29. The van der Waals surface area contributed by atoms with Gasteiger partial charge in [-0.15, -0.1) is 23.1 Å². The normalized spacial score (nSPS) is 20.9. The van der Waals surface area contributed by atoms with Crippen molar-refractivity contribution in [2.45, 2.75) is 37.8 Å². The number of carboxylic acid groups (broad SMARTS) is 2. The van der Waals surface area contributed by atoms with E-state index in [1.54, 1.807) is 6.92 Å². The number of nitrogens with one attached hydrogen (secondary N) is 2. The quantitative estimate of drug-likeness (QED) is 0.148. The Kier molecular flexibility index (Phi) is 8.11. The number of aromatic nitrogens is 1. The Morgan fingerprint density at radius 2 is 2.12 bits per heavy atom. The number of hydrogen-bond acceptors (Lipinski definition) is 11. The van der Waals surface area contributed by atoms with Gasteiger partial charge < -0.3 is 31.4 Å². The molecule has 0 aliphatic carbocycles. The molecule has 0 radical (unpaired) electrons. The van der Waals surface area contributed by atoms with Crippen LogP contribution in [0.3, 0.4) is 0 Å². The number of amides is 2. The lowest BCUT2D eigenvalue weighted by molar-refractivity contribution is -0.151. The van der Waals surface area contributed by atoms with Gasteiger partial charge in [-0.25, -0.2) is 14.6 Å². The molecule has 0 bridgehead atoms. The number of nitrogens with two attached hydrogens (primary N) is 1. The van der Waals surface area contributed by atoms with Crippen molar-refractivity contribution < 1.29 is 34.2 Å². The van der Waals surface area contributed by atoms with E-state index in [4.69, 9.17) is 15.7 Å². The molecule has 1 aromatic rings. The van der Waals surface area contributed by atoms with Gasteiger partial charge in [0.15, 0.2) is 10.8 Å². The van der Waals surface area contributed by atoms with Gasteiger partial charge in [-0.05, 0) is 18.5 Å². The van der Waals surface area contributed by atoms with Crippen molar-refractivity contribution in [3.05, 3.63) is 22.3 Å². The van der Waals surface area contributed by atoms with E-state index in [0.29, 0.717) is 24.4 Å². The number of nitrogens with zero attached hydrogens (tertiary/aromatic N) is 3. The van der Waals surface area contributed by atoms with E-state index < -0.39 is 41.3 Å². The Morgan fingerprint density at radius 3 is 2.68 bits per heavy atom. The van der Waals surface area contributed by atoms with E-state index in [1.165, 1.54) is 22.0 Å². The van der Waals surface area contributed by atoms with E-state index in [-0.39, 0.29) is 28.7 Å². The van der Waals surface area contributed by atoms with Crippen LogP contribution in [0.2, 0.25) is 0 Å². The van der Waals surface area contributed by atoms with Crippen molar-refractivity contribution in [1.29, 1.82) is 0 Å². The molecule has 0 spiro atoms. The van der Waals surface area contributed by atoms with Gasteiger partial charge in [0.2, 0.25) is 6.10 Å². The molecule has 1 saturated heterocycles. The Balaban J connectivity index is 1.80. The molecule has 15 heteroatoms. The van der Waals surface area contributed by atoms with Gasteiger partial charge in [-0.1, -0.05) is 19.0 Å². The molecule has 34 heavy (non-hydrogen) atoms. The zero-order valence-electron chi connectivity index (χ0n) is 18.3. The molecule has 1 aromatic heterocycles. The fourth-order valence-corrected chi connectivity index (χ4v) is 5.21. The van der Waals surface area contributed by atoms with Crippen LogP contribution in [0.15, 0.2) is 21.8 Å². The Bertz CT molecular complexity index is 1060. The summed E-state index contributed by atoms with van der Waals surface area (Å²) < 4.78 is 0. The van der Waals surface area contributed by atoms with Crippen LogP contribution in [0.4, 0.5) is 5.13 Å². The number of likely N-dealkylation sites (N-methyl/N-ethyl adjacent to an activating group) is 1. The minimum absolute atomic E-state index is 0.0548. The zero-order valence-corrected chi connectivity index (χ0v) is 19.9. The zero-order chi connectivity index (χ0) is 25.0. The van der Waals surface area contributed by atoms with Crippen LogP contribution in [0.5, 0.6) is 0 Å². The molecule has 3 rings (SSSR count). The van der Waals surface area contributed by atoms with Gasteiger partial charge in [0.1, 0.15) is 22.8 Å². The molecule has 184 valence electrons. The van der Waals surface area contributed by atoms with E-state index >= 15 is 0 Å². The number of thiazole rings is 1. The predicted molar refractivity (Wildman–Crippen MR) is 124 cm³/mol. The number of hydrogen-bond donors (Lipinski definition) is 5. The summed E-state index contributed by atoms with van der Waals surface area (Å²) in [6.45, 7) is 4.44. The fraction of sp³-hybridized carbons (Fsp3) is 0.474. The number of carbonyl (C=O) groups is 4. The molecule has 2 unspecified atom stereocenters. The first-order valence-electron chi connectivity index (χ1n) is 10.3. The molecule has 6 N–H and O–H groups in total. The summed E-state index contributed by atoms with van der Waals surface area (Å²) in [5.41, 5.74) is 5.85. The van der Waals surface area contributed by atoms with Crippen molar-refractivity contribution in [2.75, 3.05) is 24.6 Å². The van der Waals surface area contributed by atoms with Crippen molar-refractivity contribution >= 4 is 57.7 Å². The number of aliphatic carboxylic acids is 2. The SMILES string of the molecule is CCNCC1=C(C(=O)O)N2C(=O)C(NC(=O)/C(=N/OC(CC)C(=O)O)c3csc(N)n3)[C@H]2SC1. The van der Waals surface area contributed by atoms with Crippen LogP contribution in [0.1, 0.15) is 26.0 Å². The molecule has 1 fully saturated rings. The summed E-state index contributed by atoms with van der Waals surface area (Å²) in [5, 5.41) is 29.1. The first-order valence-corrected chi connectivity index (χ1v) is 12.2. The van der Waals surface area contributed by atoms with Gasteiger partial charge in [-0.3, -0.25) is 14.5 Å². The highest BCUT2D eigenvalue weighted by molar-refractivity contribution is 8.00. The van der Waals surface area contributed by atoms with E-state index in [0.717, 1.165) is 11.3 Å². The van der Waals surface area contributed by atoms with Crippen molar-refractivity contribution in [3.63, 3.8) is 0 Å². The molecular weight excluding hydrogens is 488 g/mol. The van der Waals surface area contributed by atoms with E-state index in [9.17, 15) is 24.3 Å². The van der Waals surface area contributed by atoms with Crippen LogP contribution < -0.4 is 16.4 Å². The highest BCUT2D eigenvalue weighted by Crippen LogP contribution is 2.40. The first kappa shape index (κ1) is 25.5. The lowest BCUT2D eigenvalue weighted by atomic mass is 10.0. The number of thioether (sulfide) groups is 1. The lowest BCUT2D eigenvalue weighted by Crippen LogP contribution is -2.71. The number of rotatable bonds is 11. The van der Waals surface area contributed by atoms with Crippen LogP contribution in [0.25, 0.3) is 0 Å². The first-order chi connectivity index (χ1) is 16.2. The maximum atomic E-state index is 13.0. The third kappa shape index (κ3) is 5.15. The third-order valence-electron chi connectivity index (χ3n) is 5.02. The average molecular weight is 513 g/mol. The third-order valence-corrected chi connectivity index (χ3v) is 7.04. The smallest absolute Gasteiger partial charge is 0.352 e. The topological polar surface area (TPSA) is 197 Å². The van der Waals surface area contributed by atoms with E-state index in [1.807, 2.05) is 6.92 Å². The van der Waals surface area contributed by atoms with Crippen LogP contribution in [-0.2, 0) is 24.0 Å². The molecule has 3 atom stereocenters. The van der Waals surface area contributed by atoms with Crippen LogP contribution in [-0.4, -0.2) is 85.9 Å². The molecular formula is C19H24N6O7S2. The number of carbonyl (C=O) groups excluding carboxylic acids is 2. The van der Waals surface area contributed by atoms with Crippen molar-refractivity contribution in [1.82, 2.24) is 20.5 Å². The number of nitrogen functional groups attached to an aromatic ring is 1. The van der Waals surface area contributed by atoms with Gasteiger partial charge in [0, 0.05) is 17.7 Å². The second-order valence-electron chi connectivity index (χ2n) is 7.25. The van der Waals surface area contributed by atoms with Gasteiger partial charge in [-0.2, -0.15) is 0 Å². The molecule has 13 nitrogen and oxygen atoms in total. The Morgan fingerprint density at radius 1 is 1.38 bits per heavy atom. The van der Waals surface area contributed by atoms with Gasteiger partial charge >= 0.3 is 11.9 Å². The predicted octanol–water partition coefficient (Wildman–Crippen LogP) is -0.343. The van der Waals surface area contributed by atoms with Crippen molar-refractivity contribution in [3.8, 4) is 0 Å².